The molecular formula is C22H33N3OS. The van der Waals surface area contributed by atoms with E-state index in [2.05, 4.69) is 36.4 Å². The third-order valence-corrected chi connectivity index (χ3v) is 6.85. The zero-order valence-electron chi connectivity index (χ0n) is 17.5. The first-order valence-electron chi connectivity index (χ1n) is 10.00. The normalized spacial score (nSPS) is 16.0. The maximum Gasteiger partial charge on any atom is 0.257 e. The Kier molecular flexibility index (Phi) is 7.42. The Bertz CT molecular complexity index is 752. The van der Waals surface area contributed by atoms with Gasteiger partial charge in [-0.3, -0.25) is 9.78 Å². The maximum atomic E-state index is 12.5. The molecule has 1 aliphatic rings. The second kappa shape index (κ2) is 9.36. The van der Waals surface area contributed by atoms with Crippen molar-refractivity contribution in [3.63, 3.8) is 0 Å². The summed E-state index contributed by atoms with van der Waals surface area (Å²) in [6.45, 7) is 11.0. The van der Waals surface area contributed by atoms with E-state index in [1.54, 1.807) is 35.9 Å². The Hall–Kier alpha value is -1.88. The summed E-state index contributed by atoms with van der Waals surface area (Å²) in [4.78, 5) is 17.9. The van der Waals surface area contributed by atoms with Gasteiger partial charge in [0.1, 0.15) is 5.00 Å². The van der Waals surface area contributed by atoms with Gasteiger partial charge in [-0.05, 0) is 48.3 Å². The first kappa shape index (κ1) is 21.4. The molecule has 5 heteroatoms. The molecule has 0 aliphatic heterocycles. The van der Waals surface area contributed by atoms with Crippen LogP contribution in [0.4, 0.5) is 10.7 Å². The summed E-state index contributed by atoms with van der Waals surface area (Å²) in [5.41, 5.74) is 3.42. The lowest BCUT2D eigenvalue weighted by atomic mass is 9.70. The Labute approximate surface area is 167 Å². The molecule has 2 aromatic heterocycles. The number of nitrogens with one attached hydrogen (secondary N) is 2. The van der Waals surface area contributed by atoms with Crippen LogP contribution in [0, 0.1) is 11.3 Å². The molecule has 3 rings (SSSR count). The van der Waals surface area contributed by atoms with E-state index >= 15 is 0 Å². The first-order valence-corrected chi connectivity index (χ1v) is 10.8. The second-order valence-electron chi connectivity index (χ2n) is 7.44. The van der Waals surface area contributed by atoms with Gasteiger partial charge in [-0.2, -0.15) is 0 Å². The SMILES string of the molecule is CC.CCC(C)(C)C1CCc2c(sc(NC(=O)c3cccnc3)c2NC)C1. The molecule has 27 heavy (non-hydrogen) atoms. The van der Waals surface area contributed by atoms with E-state index in [9.17, 15) is 4.79 Å². The lowest BCUT2D eigenvalue weighted by molar-refractivity contribution is 0.102. The van der Waals surface area contributed by atoms with Crippen molar-refractivity contribution >= 4 is 27.9 Å². The van der Waals surface area contributed by atoms with Crippen LogP contribution in [0.15, 0.2) is 24.5 Å². The number of hydrogen-bond acceptors (Lipinski definition) is 4. The number of thiophene rings is 1. The van der Waals surface area contributed by atoms with Crippen LogP contribution in [0.1, 0.15) is 68.3 Å². The molecule has 0 saturated heterocycles. The smallest absolute Gasteiger partial charge is 0.257 e. The highest BCUT2D eigenvalue weighted by molar-refractivity contribution is 7.17. The highest BCUT2D eigenvalue weighted by Crippen LogP contribution is 2.47. The summed E-state index contributed by atoms with van der Waals surface area (Å²) >= 11 is 1.73. The van der Waals surface area contributed by atoms with Gasteiger partial charge in [0.15, 0.2) is 0 Å². The molecular weight excluding hydrogens is 354 g/mol. The van der Waals surface area contributed by atoms with Crippen molar-refractivity contribution in [1.29, 1.82) is 0 Å². The zero-order valence-corrected chi connectivity index (χ0v) is 18.3. The molecule has 0 fully saturated rings. The first-order chi connectivity index (χ1) is 13.0. The number of carbonyl (C=O) groups is 1. The fourth-order valence-electron chi connectivity index (χ4n) is 3.57. The number of aromatic nitrogens is 1. The molecule has 4 nitrogen and oxygen atoms in total. The van der Waals surface area contributed by atoms with Crippen LogP contribution < -0.4 is 10.6 Å². The number of fused-ring (bicyclic) bond motifs is 1. The van der Waals surface area contributed by atoms with Gasteiger partial charge in [-0.25, -0.2) is 0 Å². The molecule has 0 saturated carbocycles. The highest BCUT2D eigenvalue weighted by Gasteiger charge is 2.33. The summed E-state index contributed by atoms with van der Waals surface area (Å²) in [7, 11) is 1.93. The van der Waals surface area contributed by atoms with Gasteiger partial charge >= 0.3 is 0 Å². The summed E-state index contributed by atoms with van der Waals surface area (Å²) in [6.07, 6.45) is 7.88. The Balaban J connectivity index is 0.00000126. The molecule has 0 radical (unpaired) electrons. The van der Waals surface area contributed by atoms with E-state index in [-0.39, 0.29) is 5.91 Å². The van der Waals surface area contributed by atoms with Gasteiger partial charge in [0.2, 0.25) is 0 Å². The Morgan fingerprint density at radius 3 is 2.70 bits per heavy atom. The largest absolute Gasteiger partial charge is 0.385 e. The second-order valence-corrected chi connectivity index (χ2v) is 8.54. The van der Waals surface area contributed by atoms with Crippen molar-refractivity contribution in [2.45, 2.75) is 60.3 Å². The average Bonchev–Trinajstić information content (AvgIpc) is 3.06. The number of carbonyl (C=O) groups excluding carboxylic acids is 1. The van der Waals surface area contributed by atoms with E-state index < -0.39 is 0 Å². The predicted octanol–water partition coefficient (Wildman–Crippen LogP) is 6.00. The van der Waals surface area contributed by atoms with Crippen LogP contribution in [0.25, 0.3) is 0 Å². The minimum Gasteiger partial charge on any atom is -0.385 e. The van der Waals surface area contributed by atoms with Crippen LogP contribution in [-0.4, -0.2) is 17.9 Å². The van der Waals surface area contributed by atoms with Crippen LogP contribution >= 0.6 is 11.3 Å². The molecule has 0 bridgehead atoms. The molecule has 148 valence electrons. The number of rotatable bonds is 5. The summed E-state index contributed by atoms with van der Waals surface area (Å²) in [5.74, 6) is 0.601. The number of nitrogens with zero attached hydrogens (tertiary/aromatic N) is 1. The number of pyridine rings is 1. The molecule has 2 aromatic rings. The van der Waals surface area contributed by atoms with Gasteiger partial charge < -0.3 is 10.6 Å². The van der Waals surface area contributed by atoms with Crippen LogP contribution in [0.5, 0.6) is 0 Å². The van der Waals surface area contributed by atoms with Gasteiger partial charge in [-0.15, -0.1) is 11.3 Å². The molecule has 1 unspecified atom stereocenters. The fraction of sp³-hybridized carbons (Fsp3) is 0.545. The van der Waals surface area contributed by atoms with Gasteiger partial charge in [0.25, 0.3) is 5.91 Å². The van der Waals surface area contributed by atoms with E-state index in [4.69, 9.17) is 0 Å². The van der Waals surface area contributed by atoms with E-state index in [1.165, 1.54) is 23.3 Å². The van der Waals surface area contributed by atoms with Gasteiger partial charge in [0, 0.05) is 24.3 Å². The molecule has 1 amide bonds. The van der Waals surface area contributed by atoms with Crippen molar-refractivity contribution in [3.05, 3.63) is 40.5 Å². The average molecular weight is 388 g/mol. The highest BCUT2D eigenvalue weighted by atomic mass is 32.1. The minimum atomic E-state index is -0.103. The summed E-state index contributed by atoms with van der Waals surface area (Å²) < 4.78 is 0. The lowest BCUT2D eigenvalue weighted by Gasteiger charge is -2.36. The van der Waals surface area contributed by atoms with E-state index in [0.717, 1.165) is 23.5 Å². The quantitative estimate of drug-likeness (QED) is 0.661. The topological polar surface area (TPSA) is 54.0 Å². The van der Waals surface area contributed by atoms with Crippen LogP contribution in [-0.2, 0) is 12.8 Å². The Morgan fingerprint density at radius 1 is 1.37 bits per heavy atom. The molecule has 1 atom stereocenters. The summed E-state index contributed by atoms with van der Waals surface area (Å²) in [5, 5.41) is 7.31. The van der Waals surface area contributed by atoms with Crippen molar-refractivity contribution in [3.8, 4) is 0 Å². The van der Waals surface area contributed by atoms with E-state index in [0.29, 0.717) is 16.9 Å². The predicted molar refractivity (Wildman–Crippen MR) is 117 cm³/mol. The molecule has 1 aliphatic carbocycles. The molecule has 0 spiro atoms. The van der Waals surface area contributed by atoms with Crippen molar-refractivity contribution in [2.24, 2.45) is 11.3 Å². The Morgan fingerprint density at radius 2 is 2.11 bits per heavy atom. The fourth-order valence-corrected chi connectivity index (χ4v) is 4.90. The lowest BCUT2D eigenvalue weighted by Crippen LogP contribution is -2.28. The molecule has 2 heterocycles. The number of hydrogen-bond donors (Lipinski definition) is 2. The third kappa shape index (κ3) is 4.70. The third-order valence-electron chi connectivity index (χ3n) is 5.68. The maximum absolute atomic E-state index is 12.5. The van der Waals surface area contributed by atoms with Crippen LogP contribution in [0.3, 0.4) is 0 Å². The van der Waals surface area contributed by atoms with E-state index in [1.807, 2.05) is 20.9 Å². The minimum absolute atomic E-state index is 0.103. The van der Waals surface area contributed by atoms with Gasteiger partial charge in [0.05, 0.1) is 11.3 Å². The standard InChI is InChI=1S/C20H27N3OS.C2H6/c1-5-20(2,3)14-8-9-15-16(11-14)25-19(17(15)21-4)23-18(24)13-7-6-10-22-12-13;1-2/h6-7,10,12,14,21H,5,8-9,11H2,1-4H3,(H,23,24);1-2H3. The monoisotopic (exact) mass is 387 g/mol. The summed E-state index contributed by atoms with van der Waals surface area (Å²) in [6, 6.07) is 3.57. The zero-order chi connectivity index (χ0) is 20.0. The van der Waals surface area contributed by atoms with Crippen molar-refractivity contribution in [1.82, 2.24) is 4.98 Å². The van der Waals surface area contributed by atoms with Crippen molar-refractivity contribution in [2.75, 3.05) is 17.7 Å². The van der Waals surface area contributed by atoms with Gasteiger partial charge in [-0.1, -0.05) is 41.0 Å². The number of anilines is 2. The molecule has 0 aromatic carbocycles. The molecule has 2 N–H and O–H groups in total. The van der Waals surface area contributed by atoms with Crippen molar-refractivity contribution < 1.29 is 4.79 Å². The number of amides is 1. The van der Waals surface area contributed by atoms with Crippen LogP contribution in [0.2, 0.25) is 0 Å².